The quantitative estimate of drug-likeness (QED) is 0.802. The molecule has 0 aromatic heterocycles. The van der Waals surface area contributed by atoms with E-state index in [2.05, 4.69) is 18.5 Å². The van der Waals surface area contributed by atoms with Gasteiger partial charge in [-0.15, -0.1) is 0 Å². The van der Waals surface area contributed by atoms with Crippen LogP contribution in [0.1, 0.15) is 30.9 Å². The average molecular weight is 215 g/mol. The Hall–Kier alpha value is -1.83. The molecule has 0 saturated heterocycles. The molecule has 0 atom stereocenters. The molecule has 2 nitrogen and oxygen atoms in total. The molecule has 1 N–H and O–H groups in total. The number of hydrogen-bond donors (Lipinski definition) is 1. The van der Waals surface area contributed by atoms with Crippen LogP contribution in [0.15, 0.2) is 37.4 Å². The smallest absolute Gasteiger partial charge is 0.224 e. The molecule has 0 heterocycles. The maximum Gasteiger partial charge on any atom is 0.224 e. The van der Waals surface area contributed by atoms with Gasteiger partial charge in [0.15, 0.2) is 0 Å². The summed E-state index contributed by atoms with van der Waals surface area (Å²) in [5.74, 6) is 0.00589. The van der Waals surface area contributed by atoms with Crippen molar-refractivity contribution in [2.75, 3.05) is 0 Å². The molecule has 0 unspecified atom stereocenters. The van der Waals surface area contributed by atoms with Crippen molar-refractivity contribution in [2.24, 2.45) is 0 Å². The predicted octanol–water partition coefficient (Wildman–Crippen LogP) is 3.22. The summed E-state index contributed by atoms with van der Waals surface area (Å²) in [5.41, 5.74) is 2.53. The minimum absolute atomic E-state index is 0.00589. The van der Waals surface area contributed by atoms with Gasteiger partial charge in [0.1, 0.15) is 0 Å². The Morgan fingerprint density at radius 2 is 2.12 bits per heavy atom. The third-order valence-electron chi connectivity index (χ3n) is 2.27. The fourth-order valence-electron chi connectivity index (χ4n) is 1.48. The van der Waals surface area contributed by atoms with E-state index in [4.69, 9.17) is 0 Å². The lowest BCUT2D eigenvalue weighted by molar-refractivity contribution is -0.119. The lowest BCUT2D eigenvalue weighted by atomic mass is 10.1. The first-order chi connectivity index (χ1) is 7.69. The number of benzene rings is 1. The van der Waals surface area contributed by atoms with Gasteiger partial charge in [-0.1, -0.05) is 50.4 Å². The van der Waals surface area contributed by atoms with Gasteiger partial charge in [-0.2, -0.15) is 0 Å². The highest BCUT2D eigenvalue weighted by Crippen LogP contribution is 2.16. The van der Waals surface area contributed by atoms with Gasteiger partial charge in [0, 0.05) is 17.7 Å². The second-order valence-electron chi connectivity index (χ2n) is 3.57. The number of hydrogen-bond acceptors (Lipinski definition) is 1. The zero-order chi connectivity index (χ0) is 12.0. The van der Waals surface area contributed by atoms with Crippen LogP contribution in [-0.2, 0) is 4.79 Å². The zero-order valence-corrected chi connectivity index (χ0v) is 9.62. The summed E-state index contributed by atoms with van der Waals surface area (Å²) in [6.07, 6.45) is 3.12. The van der Waals surface area contributed by atoms with Gasteiger partial charge in [0.2, 0.25) is 5.91 Å². The number of amides is 1. The van der Waals surface area contributed by atoms with E-state index in [1.807, 2.05) is 31.2 Å². The SMILES string of the molecule is C=Cc1ccccc1C(=C)NC(=O)CCC. The molecule has 0 aliphatic heterocycles. The highest BCUT2D eigenvalue weighted by Gasteiger charge is 2.06. The fraction of sp³-hybridized carbons (Fsp3) is 0.214. The predicted molar refractivity (Wildman–Crippen MR) is 68.6 cm³/mol. The standard InChI is InChI=1S/C14H17NO/c1-4-8-14(16)15-11(3)13-10-7-6-9-12(13)5-2/h5-7,9-10H,2-4,8H2,1H3,(H,15,16). The van der Waals surface area contributed by atoms with Crippen molar-refractivity contribution in [1.29, 1.82) is 0 Å². The minimum atomic E-state index is 0.00589. The van der Waals surface area contributed by atoms with Crippen LogP contribution in [-0.4, -0.2) is 5.91 Å². The first-order valence-electron chi connectivity index (χ1n) is 5.39. The fourth-order valence-corrected chi connectivity index (χ4v) is 1.48. The van der Waals surface area contributed by atoms with Crippen LogP contribution >= 0.6 is 0 Å². The molecule has 1 aromatic carbocycles. The maximum absolute atomic E-state index is 11.4. The van der Waals surface area contributed by atoms with Gasteiger partial charge < -0.3 is 5.32 Å². The van der Waals surface area contributed by atoms with E-state index in [1.165, 1.54) is 0 Å². The summed E-state index contributed by atoms with van der Waals surface area (Å²) in [5, 5.41) is 2.79. The molecular weight excluding hydrogens is 198 g/mol. The van der Waals surface area contributed by atoms with Crippen LogP contribution in [0, 0.1) is 0 Å². The largest absolute Gasteiger partial charge is 0.326 e. The number of carbonyl (C=O) groups is 1. The van der Waals surface area contributed by atoms with Crippen molar-refractivity contribution >= 4 is 17.7 Å². The van der Waals surface area contributed by atoms with Crippen molar-refractivity contribution in [2.45, 2.75) is 19.8 Å². The number of carbonyl (C=O) groups excluding carboxylic acids is 1. The van der Waals surface area contributed by atoms with E-state index in [1.54, 1.807) is 6.08 Å². The third kappa shape index (κ3) is 3.09. The Morgan fingerprint density at radius 3 is 2.75 bits per heavy atom. The van der Waals surface area contributed by atoms with Crippen LogP contribution in [0.2, 0.25) is 0 Å². The number of nitrogens with one attached hydrogen (secondary N) is 1. The van der Waals surface area contributed by atoms with Crippen LogP contribution in [0.4, 0.5) is 0 Å². The first-order valence-corrected chi connectivity index (χ1v) is 5.39. The van der Waals surface area contributed by atoms with Gasteiger partial charge in [-0.3, -0.25) is 4.79 Å². The monoisotopic (exact) mass is 215 g/mol. The molecule has 0 saturated carbocycles. The van der Waals surface area contributed by atoms with Crippen molar-refractivity contribution in [3.8, 4) is 0 Å². The van der Waals surface area contributed by atoms with Crippen molar-refractivity contribution < 1.29 is 4.79 Å². The van der Waals surface area contributed by atoms with E-state index < -0.39 is 0 Å². The molecule has 0 radical (unpaired) electrons. The molecule has 1 amide bonds. The second-order valence-corrected chi connectivity index (χ2v) is 3.57. The van der Waals surface area contributed by atoms with E-state index in [9.17, 15) is 4.79 Å². The summed E-state index contributed by atoms with van der Waals surface area (Å²) in [6, 6.07) is 7.71. The Labute approximate surface area is 96.7 Å². The summed E-state index contributed by atoms with van der Waals surface area (Å²) in [6.45, 7) is 9.58. The van der Waals surface area contributed by atoms with E-state index >= 15 is 0 Å². The highest BCUT2D eigenvalue weighted by atomic mass is 16.1. The van der Waals surface area contributed by atoms with E-state index in [-0.39, 0.29) is 5.91 Å². The normalized spacial score (nSPS) is 9.56. The summed E-state index contributed by atoms with van der Waals surface area (Å²) in [7, 11) is 0. The Bertz CT molecular complexity index is 407. The average Bonchev–Trinajstić information content (AvgIpc) is 2.29. The summed E-state index contributed by atoms with van der Waals surface area (Å²) >= 11 is 0. The molecule has 84 valence electrons. The van der Waals surface area contributed by atoms with Crippen LogP contribution in [0.25, 0.3) is 11.8 Å². The van der Waals surface area contributed by atoms with Crippen LogP contribution in [0.5, 0.6) is 0 Å². The number of rotatable bonds is 5. The Balaban J connectivity index is 2.80. The van der Waals surface area contributed by atoms with Crippen molar-refractivity contribution in [1.82, 2.24) is 5.32 Å². The van der Waals surface area contributed by atoms with Crippen molar-refractivity contribution in [3.05, 3.63) is 48.6 Å². The third-order valence-corrected chi connectivity index (χ3v) is 2.27. The van der Waals surface area contributed by atoms with Crippen molar-refractivity contribution in [3.63, 3.8) is 0 Å². The first kappa shape index (κ1) is 12.2. The lowest BCUT2D eigenvalue weighted by Crippen LogP contribution is -2.20. The van der Waals surface area contributed by atoms with Crippen LogP contribution in [0.3, 0.4) is 0 Å². The lowest BCUT2D eigenvalue weighted by Gasteiger charge is -2.10. The van der Waals surface area contributed by atoms with Gasteiger partial charge in [0.25, 0.3) is 0 Å². The minimum Gasteiger partial charge on any atom is -0.326 e. The van der Waals surface area contributed by atoms with E-state index in [0.717, 1.165) is 17.5 Å². The molecule has 1 rings (SSSR count). The molecule has 1 aromatic rings. The van der Waals surface area contributed by atoms with Gasteiger partial charge in [0.05, 0.1) is 0 Å². The topological polar surface area (TPSA) is 29.1 Å². The molecule has 0 bridgehead atoms. The zero-order valence-electron chi connectivity index (χ0n) is 9.62. The maximum atomic E-state index is 11.4. The molecule has 0 aliphatic carbocycles. The highest BCUT2D eigenvalue weighted by molar-refractivity contribution is 5.87. The van der Waals surface area contributed by atoms with E-state index in [0.29, 0.717) is 12.1 Å². The molecule has 0 spiro atoms. The summed E-state index contributed by atoms with van der Waals surface area (Å²) < 4.78 is 0. The molecule has 0 aliphatic rings. The summed E-state index contributed by atoms with van der Waals surface area (Å²) in [4.78, 5) is 11.4. The molecule has 16 heavy (non-hydrogen) atoms. The Kier molecular flexibility index (Phi) is 4.52. The molecular formula is C14H17NO. The van der Waals surface area contributed by atoms with Gasteiger partial charge in [-0.25, -0.2) is 0 Å². The molecule has 0 fully saturated rings. The van der Waals surface area contributed by atoms with Gasteiger partial charge >= 0.3 is 0 Å². The second kappa shape index (κ2) is 5.91. The Morgan fingerprint density at radius 1 is 1.44 bits per heavy atom. The van der Waals surface area contributed by atoms with Crippen LogP contribution < -0.4 is 5.32 Å². The van der Waals surface area contributed by atoms with Gasteiger partial charge in [-0.05, 0) is 12.0 Å². The molecule has 2 heteroatoms.